The van der Waals surface area contributed by atoms with Crippen LogP contribution in [0.5, 0.6) is 5.75 Å². The van der Waals surface area contributed by atoms with Gasteiger partial charge in [0.15, 0.2) is 0 Å². The molecule has 27 heavy (non-hydrogen) atoms. The van der Waals surface area contributed by atoms with Crippen LogP contribution in [0.3, 0.4) is 0 Å². The van der Waals surface area contributed by atoms with Crippen LogP contribution in [0.4, 0.5) is 0 Å². The van der Waals surface area contributed by atoms with Gasteiger partial charge in [-0.05, 0) is 36.6 Å². The molecule has 1 aromatic rings. The van der Waals surface area contributed by atoms with Crippen LogP contribution in [0.2, 0.25) is 0 Å². The summed E-state index contributed by atoms with van der Waals surface area (Å²) in [6, 6.07) is 1.83. The highest BCUT2D eigenvalue weighted by molar-refractivity contribution is 7.08. The number of ether oxygens (including phenoxy) is 1. The highest BCUT2D eigenvalue weighted by Gasteiger charge is 2.39. The van der Waals surface area contributed by atoms with E-state index in [0.29, 0.717) is 25.7 Å². The summed E-state index contributed by atoms with van der Waals surface area (Å²) >= 11 is 1.52. The molecular weight excluding hydrogens is 368 g/mol. The average molecular weight is 397 g/mol. The van der Waals surface area contributed by atoms with Gasteiger partial charge in [-0.3, -0.25) is 4.79 Å². The minimum Gasteiger partial charge on any atom is -0.490 e. The topological polar surface area (TPSA) is 107 Å². The van der Waals surface area contributed by atoms with Gasteiger partial charge in [-0.25, -0.2) is 0 Å². The third-order valence-corrected chi connectivity index (χ3v) is 5.39. The lowest BCUT2D eigenvalue weighted by Crippen LogP contribution is -2.21. The maximum atomic E-state index is 10.5. The van der Waals surface area contributed by atoms with Crippen LogP contribution in [-0.2, 0) is 4.79 Å². The summed E-state index contributed by atoms with van der Waals surface area (Å²) < 4.78 is 5.46. The zero-order valence-corrected chi connectivity index (χ0v) is 16.0. The fourth-order valence-corrected chi connectivity index (χ4v) is 3.85. The second-order valence-corrected chi connectivity index (χ2v) is 7.61. The molecule has 5 atom stereocenters. The van der Waals surface area contributed by atoms with Gasteiger partial charge in [0.25, 0.3) is 0 Å². The Balaban J connectivity index is 1.81. The minimum atomic E-state index is -0.801. The zero-order chi connectivity index (χ0) is 19.6. The van der Waals surface area contributed by atoms with Crippen molar-refractivity contribution >= 4 is 17.3 Å². The molecule has 1 aliphatic rings. The van der Waals surface area contributed by atoms with Crippen molar-refractivity contribution in [2.75, 3.05) is 6.61 Å². The lowest BCUT2D eigenvalue weighted by molar-refractivity contribution is -0.137. The number of aliphatic hydroxyl groups excluding tert-OH is 3. The average Bonchev–Trinajstić information content (AvgIpc) is 3.22. The van der Waals surface area contributed by atoms with Crippen molar-refractivity contribution in [3.05, 3.63) is 41.1 Å². The lowest BCUT2D eigenvalue weighted by Gasteiger charge is -2.19. The molecule has 1 saturated carbocycles. The molecule has 7 heteroatoms. The van der Waals surface area contributed by atoms with Crippen molar-refractivity contribution in [1.29, 1.82) is 0 Å². The highest BCUT2D eigenvalue weighted by atomic mass is 32.1. The molecule has 6 nitrogen and oxygen atoms in total. The van der Waals surface area contributed by atoms with E-state index in [1.807, 2.05) is 29.0 Å². The summed E-state index contributed by atoms with van der Waals surface area (Å²) in [4.78, 5) is 10.5. The first-order chi connectivity index (χ1) is 13.0. The van der Waals surface area contributed by atoms with Gasteiger partial charge < -0.3 is 25.2 Å². The molecule has 1 fully saturated rings. The molecular formula is C20H28O6S. The SMILES string of the molecule is O=C(O)CCC/C=C\C[C@@H]1[C@@H](/C=C/C(O)COc2ccsc2)[C@H](O)C[C@@H]1O. The molecule has 150 valence electrons. The van der Waals surface area contributed by atoms with Crippen molar-refractivity contribution in [3.8, 4) is 5.75 Å². The number of hydrogen-bond acceptors (Lipinski definition) is 6. The Morgan fingerprint density at radius 3 is 2.85 bits per heavy atom. The number of hydrogen-bond donors (Lipinski definition) is 4. The first kappa shape index (κ1) is 21.6. The van der Waals surface area contributed by atoms with E-state index in [4.69, 9.17) is 9.84 Å². The molecule has 0 bridgehead atoms. The zero-order valence-electron chi connectivity index (χ0n) is 15.2. The molecule has 1 aromatic heterocycles. The van der Waals surface area contributed by atoms with E-state index in [1.165, 1.54) is 11.3 Å². The van der Waals surface area contributed by atoms with Crippen molar-refractivity contribution in [3.63, 3.8) is 0 Å². The second kappa shape index (κ2) is 11.2. The van der Waals surface area contributed by atoms with Gasteiger partial charge in [-0.2, -0.15) is 0 Å². The molecule has 4 N–H and O–H groups in total. The summed E-state index contributed by atoms with van der Waals surface area (Å²) in [6.07, 6.45) is 7.52. The van der Waals surface area contributed by atoms with Gasteiger partial charge in [0, 0.05) is 24.1 Å². The van der Waals surface area contributed by atoms with Crippen LogP contribution < -0.4 is 4.74 Å². The fraction of sp³-hybridized carbons (Fsp3) is 0.550. The van der Waals surface area contributed by atoms with E-state index in [1.54, 1.807) is 12.2 Å². The number of thiophene rings is 1. The maximum absolute atomic E-state index is 10.5. The standard InChI is InChI=1S/C20H28O6S/c21-14(12-26-15-9-10-27-13-15)7-8-17-16(18(22)11-19(17)23)5-3-1-2-4-6-20(24)25/h1,3,7-10,13-14,16-19,21-23H,2,4-6,11-12H2,(H,24,25)/b3-1-,8-7+/t14?,16-,17-,18+,19-/m1/s1. The highest BCUT2D eigenvalue weighted by Crippen LogP contribution is 2.36. The number of allylic oxidation sites excluding steroid dienone is 2. The molecule has 0 aliphatic heterocycles. The smallest absolute Gasteiger partial charge is 0.303 e. The third-order valence-electron chi connectivity index (χ3n) is 4.72. The minimum absolute atomic E-state index is 0.128. The van der Waals surface area contributed by atoms with Gasteiger partial charge >= 0.3 is 5.97 Å². The van der Waals surface area contributed by atoms with E-state index in [0.717, 1.165) is 5.75 Å². The predicted octanol–water partition coefficient (Wildman–Crippen LogP) is 2.60. The van der Waals surface area contributed by atoms with Crippen molar-refractivity contribution < 1.29 is 30.0 Å². The van der Waals surface area contributed by atoms with Crippen LogP contribution in [0.25, 0.3) is 0 Å². The molecule has 1 heterocycles. The normalized spacial score (nSPS) is 26.8. The molecule has 1 aliphatic carbocycles. The molecule has 1 unspecified atom stereocenters. The number of carboxylic acid groups (broad SMARTS) is 1. The molecule has 0 radical (unpaired) electrons. The molecule has 0 amide bonds. The van der Waals surface area contributed by atoms with Gasteiger partial charge in [0.1, 0.15) is 18.5 Å². The first-order valence-electron chi connectivity index (χ1n) is 9.21. The van der Waals surface area contributed by atoms with Gasteiger partial charge in [-0.15, -0.1) is 11.3 Å². The monoisotopic (exact) mass is 396 g/mol. The number of rotatable bonds is 11. The van der Waals surface area contributed by atoms with Crippen LogP contribution in [0.1, 0.15) is 32.1 Å². The van der Waals surface area contributed by atoms with E-state index in [2.05, 4.69) is 0 Å². The largest absolute Gasteiger partial charge is 0.490 e. The number of aliphatic hydroxyl groups is 3. The Labute approximate surface area is 163 Å². The number of carbonyl (C=O) groups is 1. The van der Waals surface area contributed by atoms with Crippen LogP contribution >= 0.6 is 11.3 Å². The number of unbranched alkanes of at least 4 members (excludes halogenated alkanes) is 1. The van der Waals surface area contributed by atoms with Crippen molar-refractivity contribution in [2.24, 2.45) is 11.8 Å². The van der Waals surface area contributed by atoms with E-state index in [9.17, 15) is 20.1 Å². The van der Waals surface area contributed by atoms with Crippen LogP contribution in [-0.4, -0.2) is 51.3 Å². The first-order valence-corrected chi connectivity index (χ1v) is 10.2. The summed E-state index contributed by atoms with van der Waals surface area (Å²) in [5.41, 5.74) is 0. The van der Waals surface area contributed by atoms with Crippen LogP contribution in [0, 0.1) is 11.8 Å². The molecule has 0 aromatic carbocycles. The Morgan fingerprint density at radius 2 is 2.15 bits per heavy atom. The quantitative estimate of drug-likeness (QED) is 0.338. The second-order valence-electron chi connectivity index (χ2n) is 6.83. The van der Waals surface area contributed by atoms with Gasteiger partial charge in [0.05, 0.1) is 12.2 Å². The maximum Gasteiger partial charge on any atom is 0.303 e. The molecule has 0 saturated heterocycles. The molecule has 2 rings (SSSR count). The summed E-state index contributed by atoms with van der Waals surface area (Å²) in [7, 11) is 0. The Hall–Kier alpha value is -1.67. The van der Waals surface area contributed by atoms with Gasteiger partial charge in [-0.1, -0.05) is 24.3 Å². The van der Waals surface area contributed by atoms with Gasteiger partial charge in [0.2, 0.25) is 0 Å². The van der Waals surface area contributed by atoms with E-state index >= 15 is 0 Å². The molecule has 0 spiro atoms. The summed E-state index contributed by atoms with van der Waals surface area (Å²) in [5, 5.41) is 42.8. The predicted molar refractivity (Wildman–Crippen MR) is 104 cm³/mol. The number of carboxylic acids is 1. The van der Waals surface area contributed by atoms with Crippen molar-refractivity contribution in [1.82, 2.24) is 0 Å². The summed E-state index contributed by atoms with van der Waals surface area (Å²) in [5.74, 6) is -0.449. The number of aliphatic carboxylic acids is 1. The Morgan fingerprint density at radius 1 is 1.33 bits per heavy atom. The summed E-state index contributed by atoms with van der Waals surface area (Å²) in [6.45, 7) is 0.132. The van der Waals surface area contributed by atoms with E-state index in [-0.39, 0.29) is 24.9 Å². The van der Waals surface area contributed by atoms with Crippen molar-refractivity contribution in [2.45, 2.75) is 50.4 Å². The Kier molecular flexibility index (Phi) is 9.00. The fourth-order valence-electron chi connectivity index (χ4n) is 3.28. The van der Waals surface area contributed by atoms with Crippen LogP contribution in [0.15, 0.2) is 41.1 Å². The Bertz CT molecular complexity index is 612. The lowest BCUT2D eigenvalue weighted by atomic mass is 9.89. The van der Waals surface area contributed by atoms with E-state index < -0.39 is 24.3 Å². The third kappa shape index (κ3) is 7.46.